The Morgan fingerprint density at radius 2 is 1.74 bits per heavy atom. The van der Waals surface area contributed by atoms with Gasteiger partial charge in [-0.15, -0.1) is 11.3 Å². The molecule has 0 spiro atoms. The van der Waals surface area contributed by atoms with E-state index in [1.807, 2.05) is 29.2 Å². The molecule has 2 heterocycles. The van der Waals surface area contributed by atoms with Crippen molar-refractivity contribution < 1.29 is 8.42 Å². The molecule has 0 aliphatic heterocycles. The number of nitrogens with one attached hydrogen (secondary N) is 3. The van der Waals surface area contributed by atoms with Crippen LogP contribution in [0.2, 0.25) is 0 Å². The summed E-state index contributed by atoms with van der Waals surface area (Å²) in [5.74, 6) is 0. The number of hydrogen-bond donors (Lipinski definition) is 3. The lowest BCUT2D eigenvalue weighted by Gasteiger charge is -2.07. The Kier molecular flexibility index (Phi) is 4.13. The summed E-state index contributed by atoms with van der Waals surface area (Å²) >= 11 is 1.54. The molecule has 0 aliphatic rings. The van der Waals surface area contributed by atoms with E-state index >= 15 is 0 Å². The van der Waals surface area contributed by atoms with Crippen LogP contribution in [0.1, 0.15) is 0 Å². The van der Waals surface area contributed by atoms with Gasteiger partial charge in [-0.25, -0.2) is 18.2 Å². The molecule has 0 saturated carbocycles. The topological polar surface area (TPSA) is 125 Å². The zero-order chi connectivity index (χ0) is 19.0. The third-order valence-corrected chi connectivity index (χ3v) is 6.22. The summed E-state index contributed by atoms with van der Waals surface area (Å²) in [6.45, 7) is 0. The van der Waals surface area contributed by atoms with Crippen molar-refractivity contribution in [1.82, 2.24) is 15.0 Å². The lowest BCUT2D eigenvalue weighted by Crippen LogP contribution is -2.29. The summed E-state index contributed by atoms with van der Waals surface area (Å²) in [6, 6.07) is 14.4. The van der Waals surface area contributed by atoms with Gasteiger partial charge in [0, 0.05) is 17.4 Å². The van der Waals surface area contributed by atoms with Crippen LogP contribution in [0.3, 0.4) is 0 Å². The number of nitrogens with zero attached hydrogens (tertiary/aromatic N) is 1. The Balaban J connectivity index is 1.62. The number of fused-ring (bicyclic) bond motifs is 1. The lowest BCUT2D eigenvalue weighted by atomic mass is 10.2. The minimum atomic E-state index is -4.14. The van der Waals surface area contributed by atoms with E-state index in [1.165, 1.54) is 0 Å². The maximum atomic E-state index is 12.3. The van der Waals surface area contributed by atoms with Gasteiger partial charge in [-0.05, 0) is 36.4 Å². The van der Waals surface area contributed by atoms with Crippen LogP contribution in [0.25, 0.3) is 20.8 Å². The van der Waals surface area contributed by atoms with Gasteiger partial charge in [-0.3, -0.25) is 14.5 Å². The minimum Gasteiger partial charge on any atom is -0.313 e. The molecule has 4 rings (SSSR count). The molecule has 0 atom stereocenters. The summed E-state index contributed by atoms with van der Waals surface area (Å²) in [5, 5.41) is 0.822. The van der Waals surface area contributed by atoms with Gasteiger partial charge in [-0.2, -0.15) is 0 Å². The van der Waals surface area contributed by atoms with E-state index in [0.29, 0.717) is 0 Å². The van der Waals surface area contributed by atoms with Gasteiger partial charge in [0.25, 0.3) is 15.6 Å². The molecule has 0 radical (unpaired) electrons. The van der Waals surface area contributed by atoms with E-state index in [2.05, 4.69) is 14.7 Å². The number of para-hydroxylation sites is 1. The Hall–Kier alpha value is -3.24. The number of hydrogen-bond acceptors (Lipinski definition) is 6. The number of benzene rings is 2. The van der Waals surface area contributed by atoms with Crippen LogP contribution in [0.15, 0.2) is 69.2 Å². The predicted molar refractivity (Wildman–Crippen MR) is 104 cm³/mol. The second-order valence-corrected chi connectivity index (χ2v) is 8.29. The lowest BCUT2D eigenvalue weighted by molar-refractivity contribution is 0.599. The Bertz CT molecular complexity index is 1320. The van der Waals surface area contributed by atoms with E-state index in [-0.39, 0.29) is 5.69 Å². The fraction of sp³-hybridized carbons (Fsp3) is 0. The number of rotatable bonds is 4. The van der Waals surface area contributed by atoms with Gasteiger partial charge < -0.3 is 4.98 Å². The molecule has 0 bridgehead atoms. The largest absolute Gasteiger partial charge is 0.325 e. The quantitative estimate of drug-likeness (QED) is 0.484. The summed E-state index contributed by atoms with van der Waals surface area (Å²) in [6.07, 6.45) is 0.860. The first-order chi connectivity index (χ1) is 12.9. The molecule has 0 fully saturated rings. The average molecular weight is 400 g/mol. The number of sulfonamides is 1. The van der Waals surface area contributed by atoms with Crippen LogP contribution >= 0.6 is 11.3 Å². The van der Waals surface area contributed by atoms with Gasteiger partial charge in [0.05, 0.1) is 10.2 Å². The minimum absolute atomic E-state index is 0.283. The van der Waals surface area contributed by atoms with Crippen molar-refractivity contribution in [3.63, 3.8) is 0 Å². The second kappa shape index (κ2) is 6.49. The highest BCUT2D eigenvalue weighted by Gasteiger charge is 2.19. The molecular formula is C17H12N4O4S2. The first-order valence-corrected chi connectivity index (χ1v) is 10.0. The van der Waals surface area contributed by atoms with E-state index in [1.54, 1.807) is 35.6 Å². The summed E-state index contributed by atoms with van der Waals surface area (Å²) in [7, 11) is -4.14. The molecule has 2 aromatic heterocycles. The summed E-state index contributed by atoms with van der Waals surface area (Å²) in [5.41, 5.74) is 0.266. The number of aromatic nitrogens is 3. The zero-order valence-electron chi connectivity index (χ0n) is 13.6. The monoisotopic (exact) mass is 400 g/mol. The second-order valence-electron chi connectivity index (χ2n) is 5.61. The molecule has 4 aromatic rings. The van der Waals surface area contributed by atoms with Crippen molar-refractivity contribution in [3.8, 4) is 10.6 Å². The van der Waals surface area contributed by atoms with Gasteiger partial charge in [0.1, 0.15) is 5.01 Å². The molecule has 0 saturated heterocycles. The van der Waals surface area contributed by atoms with Crippen LogP contribution in [-0.4, -0.2) is 23.4 Å². The molecule has 0 amide bonds. The highest BCUT2D eigenvalue weighted by Crippen LogP contribution is 2.30. The Morgan fingerprint density at radius 1 is 1.00 bits per heavy atom. The third kappa shape index (κ3) is 3.39. The number of anilines is 1. The molecule has 10 heteroatoms. The van der Waals surface area contributed by atoms with Gasteiger partial charge in [0.15, 0.2) is 4.90 Å². The first-order valence-electron chi connectivity index (χ1n) is 7.73. The van der Waals surface area contributed by atoms with Crippen molar-refractivity contribution in [2.75, 3.05) is 4.72 Å². The summed E-state index contributed by atoms with van der Waals surface area (Å²) in [4.78, 5) is 30.7. The highest BCUT2D eigenvalue weighted by molar-refractivity contribution is 7.92. The van der Waals surface area contributed by atoms with Crippen molar-refractivity contribution >= 4 is 37.3 Å². The fourth-order valence-electron chi connectivity index (χ4n) is 2.48. The number of thiazole rings is 1. The highest BCUT2D eigenvalue weighted by atomic mass is 32.2. The standard InChI is InChI=1S/C17H12N4O4S2/c22-15-14(9-18-17(23)20-15)27(24,25)21-11-7-5-10(6-8-11)16-19-12-3-1-2-4-13(12)26-16/h1-9,21H,(H2,18,20,22,23). The van der Waals surface area contributed by atoms with Crippen molar-refractivity contribution in [1.29, 1.82) is 0 Å². The van der Waals surface area contributed by atoms with Gasteiger partial charge in [0.2, 0.25) is 0 Å². The normalized spacial score (nSPS) is 11.6. The number of aromatic amines is 2. The SMILES string of the molecule is O=c1[nH]cc(S(=O)(=O)Nc2ccc(-c3nc4ccccc4s3)cc2)c(=O)[nH]1. The van der Waals surface area contributed by atoms with E-state index < -0.39 is 26.2 Å². The third-order valence-electron chi connectivity index (χ3n) is 3.75. The van der Waals surface area contributed by atoms with Crippen LogP contribution in [-0.2, 0) is 10.0 Å². The van der Waals surface area contributed by atoms with Gasteiger partial charge in [-0.1, -0.05) is 12.1 Å². The molecule has 27 heavy (non-hydrogen) atoms. The summed E-state index contributed by atoms with van der Waals surface area (Å²) < 4.78 is 28.1. The molecule has 2 aromatic carbocycles. The van der Waals surface area contributed by atoms with E-state index in [0.717, 1.165) is 27.0 Å². The van der Waals surface area contributed by atoms with Crippen LogP contribution in [0.4, 0.5) is 5.69 Å². The first kappa shape index (κ1) is 17.2. The van der Waals surface area contributed by atoms with Crippen molar-refractivity contribution in [2.24, 2.45) is 0 Å². The molecule has 136 valence electrons. The fourth-order valence-corrected chi connectivity index (χ4v) is 4.52. The maximum absolute atomic E-state index is 12.3. The van der Waals surface area contributed by atoms with Gasteiger partial charge >= 0.3 is 5.69 Å². The maximum Gasteiger partial charge on any atom is 0.325 e. The number of H-pyrrole nitrogens is 2. The van der Waals surface area contributed by atoms with E-state index in [9.17, 15) is 18.0 Å². The zero-order valence-corrected chi connectivity index (χ0v) is 15.2. The van der Waals surface area contributed by atoms with Crippen LogP contribution in [0, 0.1) is 0 Å². The Morgan fingerprint density at radius 3 is 2.44 bits per heavy atom. The molecule has 3 N–H and O–H groups in total. The smallest absolute Gasteiger partial charge is 0.313 e. The predicted octanol–water partition coefficient (Wildman–Crippen LogP) is 2.14. The van der Waals surface area contributed by atoms with E-state index in [4.69, 9.17) is 0 Å². The molecular weight excluding hydrogens is 388 g/mol. The molecule has 8 nitrogen and oxygen atoms in total. The van der Waals surface area contributed by atoms with Crippen molar-refractivity contribution in [2.45, 2.75) is 4.90 Å². The Labute approximate surface area is 156 Å². The van der Waals surface area contributed by atoms with Crippen LogP contribution < -0.4 is 16.0 Å². The van der Waals surface area contributed by atoms with Crippen molar-refractivity contribution in [3.05, 3.63) is 75.6 Å². The average Bonchev–Trinajstić information content (AvgIpc) is 3.05. The molecule has 0 unspecified atom stereocenters. The molecule has 0 aliphatic carbocycles. The van der Waals surface area contributed by atoms with Crippen LogP contribution in [0.5, 0.6) is 0 Å².